The molecule has 0 aromatic heterocycles. The van der Waals surface area contributed by atoms with Crippen molar-refractivity contribution in [2.45, 2.75) is 6.42 Å². The van der Waals surface area contributed by atoms with Crippen LogP contribution >= 0.6 is 0 Å². The number of nitrogens with one attached hydrogen (secondary N) is 1. The maximum Gasteiger partial charge on any atom is 0.335 e. The number of anilines is 1. The van der Waals surface area contributed by atoms with E-state index < -0.39 is 11.9 Å². The van der Waals surface area contributed by atoms with Gasteiger partial charge >= 0.3 is 5.97 Å². The molecule has 7 nitrogen and oxygen atoms in total. The SMILES string of the molecule is COc1cc(C(=O)O)cc(NC(=O)C2COc3ccccc3C2)c1OC. The minimum atomic E-state index is -1.13. The number of carboxylic acid groups (broad SMARTS) is 1. The third-order valence-corrected chi connectivity index (χ3v) is 4.23. The fraction of sp³-hybridized carbons (Fsp3) is 0.263. The van der Waals surface area contributed by atoms with Gasteiger partial charge in [0.1, 0.15) is 12.4 Å². The lowest BCUT2D eigenvalue weighted by molar-refractivity contribution is -0.121. The quantitative estimate of drug-likeness (QED) is 0.854. The molecule has 26 heavy (non-hydrogen) atoms. The van der Waals surface area contributed by atoms with Gasteiger partial charge in [-0.25, -0.2) is 4.79 Å². The van der Waals surface area contributed by atoms with Crippen molar-refractivity contribution in [1.29, 1.82) is 0 Å². The smallest absolute Gasteiger partial charge is 0.335 e. The summed E-state index contributed by atoms with van der Waals surface area (Å²) in [6.45, 7) is 0.251. The van der Waals surface area contributed by atoms with Crippen LogP contribution in [-0.2, 0) is 11.2 Å². The van der Waals surface area contributed by atoms with Gasteiger partial charge in [-0.1, -0.05) is 18.2 Å². The van der Waals surface area contributed by atoms with Gasteiger partial charge in [0, 0.05) is 0 Å². The molecular formula is C19H19NO6. The van der Waals surface area contributed by atoms with Crippen LogP contribution in [0.15, 0.2) is 36.4 Å². The molecule has 0 bridgehead atoms. The Hall–Kier alpha value is -3.22. The molecule has 1 aliphatic rings. The summed E-state index contributed by atoms with van der Waals surface area (Å²) in [5.74, 6) is -0.521. The third kappa shape index (κ3) is 3.42. The molecule has 2 N–H and O–H groups in total. The van der Waals surface area contributed by atoms with Gasteiger partial charge in [-0.2, -0.15) is 0 Å². The van der Waals surface area contributed by atoms with Crippen molar-refractivity contribution in [3.05, 3.63) is 47.5 Å². The van der Waals surface area contributed by atoms with Crippen LogP contribution in [0.3, 0.4) is 0 Å². The molecule has 1 aliphatic heterocycles. The second kappa shape index (κ2) is 7.35. The zero-order valence-corrected chi connectivity index (χ0v) is 14.4. The van der Waals surface area contributed by atoms with E-state index in [1.165, 1.54) is 26.4 Å². The number of amides is 1. The second-order valence-corrected chi connectivity index (χ2v) is 5.87. The number of carbonyl (C=O) groups is 2. The molecule has 7 heteroatoms. The molecule has 3 rings (SSSR count). The van der Waals surface area contributed by atoms with E-state index in [0.717, 1.165) is 11.3 Å². The zero-order valence-electron chi connectivity index (χ0n) is 14.4. The Kier molecular flexibility index (Phi) is 4.97. The van der Waals surface area contributed by atoms with E-state index in [0.29, 0.717) is 6.42 Å². The van der Waals surface area contributed by atoms with Gasteiger partial charge < -0.3 is 24.6 Å². The summed E-state index contributed by atoms with van der Waals surface area (Å²) in [4.78, 5) is 24.0. The summed E-state index contributed by atoms with van der Waals surface area (Å²) in [6, 6.07) is 10.3. The molecule has 1 heterocycles. The van der Waals surface area contributed by atoms with Gasteiger partial charge in [0.2, 0.25) is 5.91 Å². The highest BCUT2D eigenvalue weighted by Gasteiger charge is 2.27. The molecule has 0 aliphatic carbocycles. The summed E-state index contributed by atoms with van der Waals surface area (Å²) < 4.78 is 16.1. The van der Waals surface area contributed by atoms with Crippen molar-refractivity contribution in [2.24, 2.45) is 5.92 Å². The molecule has 2 aromatic rings. The van der Waals surface area contributed by atoms with E-state index >= 15 is 0 Å². The highest BCUT2D eigenvalue weighted by atomic mass is 16.5. The number of rotatable bonds is 5. The molecule has 0 spiro atoms. The van der Waals surface area contributed by atoms with Gasteiger partial charge in [-0.05, 0) is 30.2 Å². The van der Waals surface area contributed by atoms with Crippen LogP contribution in [0.1, 0.15) is 15.9 Å². The van der Waals surface area contributed by atoms with E-state index in [4.69, 9.17) is 14.2 Å². The zero-order chi connectivity index (χ0) is 18.7. The van der Waals surface area contributed by atoms with Crippen molar-refractivity contribution in [2.75, 3.05) is 26.1 Å². The molecule has 136 valence electrons. The first-order chi connectivity index (χ1) is 12.5. The Morgan fingerprint density at radius 3 is 2.65 bits per heavy atom. The van der Waals surface area contributed by atoms with Crippen molar-refractivity contribution in [3.63, 3.8) is 0 Å². The second-order valence-electron chi connectivity index (χ2n) is 5.87. The summed E-state index contributed by atoms with van der Waals surface area (Å²) in [6.07, 6.45) is 0.542. The van der Waals surface area contributed by atoms with Crippen LogP contribution in [0.5, 0.6) is 17.2 Å². The van der Waals surface area contributed by atoms with Crippen LogP contribution in [0.2, 0.25) is 0 Å². The standard InChI is InChI=1S/C19H19NO6/c1-24-16-9-12(19(22)23)8-14(17(16)25-2)20-18(21)13-7-11-5-3-4-6-15(11)26-10-13/h3-6,8-9,13H,7,10H2,1-2H3,(H,20,21)(H,22,23). The fourth-order valence-corrected chi connectivity index (χ4v) is 2.91. The lowest BCUT2D eigenvalue weighted by Crippen LogP contribution is -2.32. The normalized spacial score (nSPS) is 15.4. The number of ether oxygens (including phenoxy) is 3. The minimum absolute atomic E-state index is 0.0109. The Balaban J connectivity index is 1.85. The number of methoxy groups -OCH3 is 2. The maximum atomic E-state index is 12.7. The highest BCUT2D eigenvalue weighted by Crippen LogP contribution is 2.37. The van der Waals surface area contributed by atoms with Gasteiger partial charge in [-0.3, -0.25) is 4.79 Å². The molecule has 1 unspecified atom stereocenters. The summed E-state index contributed by atoms with van der Waals surface area (Å²) in [7, 11) is 2.83. The Bertz CT molecular complexity index is 848. The van der Waals surface area contributed by atoms with E-state index in [1.807, 2.05) is 24.3 Å². The number of benzene rings is 2. The summed E-state index contributed by atoms with van der Waals surface area (Å²) >= 11 is 0. The molecule has 1 amide bonds. The fourth-order valence-electron chi connectivity index (χ4n) is 2.91. The van der Waals surface area contributed by atoms with E-state index in [1.54, 1.807) is 0 Å². The molecule has 0 saturated heterocycles. The van der Waals surface area contributed by atoms with Crippen LogP contribution < -0.4 is 19.5 Å². The number of para-hydroxylation sites is 1. The van der Waals surface area contributed by atoms with Crippen LogP contribution in [0, 0.1) is 5.92 Å². The first-order valence-electron chi connectivity index (χ1n) is 8.04. The summed E-state index contributed by atoms with van der Waals surface area (Å²) in [5, 5.41) is 12.0. The lowest BCUT2D eigenvalue weighted by atomic mass is 9.96. The van der Waals surface area contributed by atoms with E-state index in [-0.39, 0.29) is 35.3 Å². The highest BCUT2D eigenvalue weighted by molar-refractivity contribution is 5.98. The minimum Gasteiger partial charge on any atom is -0.493 e. The van der Waals surface area contributed by atoms with Gasteiger partial charge in [-0.15, -0.1) is 0 Å². The molecular weight excluding hydrogens is 338 g/mol. The molecule has 2 aromatic carbocycles. The Morgan fingerprint density at radius 2 is 1.96 bits per heavy atom. The van der Waals surface area contributed by atoms with Crippen molar-refractivity contribution >= 4 is 17.6 Å². The Labute approximate surface area is 150 Å². The van der Waals surface area contributed by atoms with Crippen LogP contribution in [-0.4, -0.2) is 37.8 Å². The predicted octanol–water partition coefficient (Wildman–Crippen LogP) is 2.59. The largest absolute Gasteiger partial charge is 0.493 e. The van der Waals surface area contributed by atoms with E-state index in [9.17, 15) is 14.7 Å². The van der Waals surface area contributed by atoms with E-state index in [2.05, 4.69) is 5.32 Å². The Morgan fingerprint density at radius 1 is 1.19 bits per heavy atom. The van der Waals surface area contributed by atoms with Crippen molar-refractivity contribution < 1.29 is 28.9 Å². The van der Waals surface area contributed by atoms with Crippen LogP contribution in [0.25, 0.3) is 0 Å². The number of fused-ring (bicyclic) bond motifs is 1. The number of hydrogen-bond donors (Lipinski definition) is 2. The average molecular weight is 357 g/mol. The molecule has 0 fully saturated rings. The molecule has 1 atom stereocenters. The number of carbonyl (C=O) groups excluding carboxylic acids is 1. The molecule has 0 radical (unpaired) electrons. The lowest BCUT2D eigenvalue weighted by Gasteiger charge is -2.25. The third-order valence-electron chi connectivity index (χ3n) is 4.23. The number of hydrogen-bond acceptors (Lipinski definition) is 5. The number of aromatic carboxylic acids is 1. The van der Waals surface area contributed by atoms with Gasteiger partial charge in [0.25, 0.3) is 0 Å². The van der Waals surface area contributed by atoms with Gasteiger partial charge in [0.05, 0.1) is 31.4 Å². The monoisotopic (exact) mass is 357 g/mol. The number of carboxylic acids is 1. The van der Waals surface area contributed by atoms with Crippen molar-refractivity contribution in [1.82, 2.24) is 0 Å². The van der Waals surface area contributed by atoms with Crippen molar-refractivity contribution in [3.8, 4) is 17.2 Å². The maximum absolute atomic E-state index is 12.7. The summed E-state index contributed by atoms with van der Waals surface area (Å²) in [5.41, 5.74) is 1.19. The first-order valence-corrected chi connectivity index (χ1v) is 8.04. The average Bonchev–Trinajstić information content (AvgIpc) is 2.66. The van der Waals surface area contributed by atoms with Gasteiger partial charge in [0.15, 0.2) is 11.5 Å². The van der Waals surface area contributed by atoms with Crippen LogP contribution in [0.4, 0.5) is 5.69 Å². The topological polar surface area (TPSA) is 94.1 Å². The molecule has 0 saturated carbocycles. The predicted molar refractivity (Wildman–Crippen MR) is 94.3 cm³/mol. The first kappa shape index (κ1) is 17.6.